The molecule has 1 aromatic carbocycles. The van der Waals surface area contributed by atoms with Crippen LogP contribution in [0.25, 0.3) is 0 Å². The van der Waals surface area contributed by atoms with Gasteiger partial charge in [-0.2, -0.15) is 0 Å². The molecule has 0 aliphatic carbocycles. The molecule has 2 aliphatic heterocycles. The highest BCUT2D eigenvalue weighted by Crippen LogP contribution is 2.36. The lowest BCUT2D eigenvalue weighted by Crippen LogP contribution is -2.51. The molecule has 6 heteroatoms. The first kappa shape index (κ1) is 20.0. The molecule has 3 rings (SSSR count). The van der Waals surface area contributed by atoms with Gasteiger partial charge in [-0.05, 0) is 31.4 Å². The van der Waals surface area contributed by atoms with Crippen LogP contribution in [0.5, 0.6) is 0 Å². The van der Waals surface area contributed by atoms with Crippen LogP contribution in [-0.4, -0.2) is 49.5 Å². The molecule has 1 aromatic rings. The largest absolute Gasteiger partial charge is 0.357 e. The fourth-order valence-electron chi connectivity index (χ4n) is 4.22. The zero-order valence-corrected chi connectivity index (χ0v) is 17.4. The van der Waals surface area contributed by atoms with Crippen LogP contribution in [0.3, 0.4) is 0 Å². The highest BCUT2D eigenvalue weighted by Gasteiger charge is 2.42. The Morgan fingerprint density at radius 2 is 2.19 bits per heavy atom. The Morgan fingerprint density at radius 1 is 1.41 bits per heavy atom. The predicted octanol–water partition coefficient (Wildman–Crippen LogP) is 3.19. The summed E-state index contributed by atoms with van der Waals surface area (Å²) >= 11 is 6.42. The highest BCUT2D eigenvalue weighted by atomic mass is 35.5. The molecule has 1 spiro atoms. The van der Waals surface area contributed by atoms with Gasteiger partial charge in [0.15, 0.2) is 5.96 Å². The van der Waals surface area contributed by atoms with E-state index in [4.69, 9.17) is 16.6 Å². The molecule has 1 amide bonds. The van der Waals surface area contributed by atoms with E-state index in [1.54, 1.807) is 0 Å². The number of nitrogens with zero attached hydrogens (tertiary/aromatic N) is 2. The van der Waals surface area contributed by atoms with Crippen molar-refractivity contribution in [2.75, 3.05) is 32.7 Å². The summed E-state index contributed by atoms with van der Waals surface area (Å²) in [5, 5.41) is 7.25. The number of carbonyl (C=O) groups excluding carboxylic acids is 1. The third-order valence-corrected chi connectivity index (χ3v) is 6.05. The molecule has 1 atom stereocenters. The van der Waals surface area contributed by atoms with Crippen LogP contribution in [-0.2, 0) is 10.2 Å². The number of piperidine rings is 1. The molecule has 2 fully saturated rings. The Balaban J connectivity index is 1.76. The van der Waals surface area contributed by atoms with E-state index < -0.39 is 0 Å². The van der Waals surface area contributed by atoms with Gasteiger partial charge in [0.1, 0.15) is 0 Å². The monoisotopic (exact) mass is 390 g/mol. The maximum Gasteiger partial charge on any atom is 0.220 e. The summed E-state index contributed by atoms with van der Waals surface area (Å²) in [6.07, 6.45) is 2.83. The number of aliphatic imine (C=N–C) groups is 1. The van der Waals surface area contributed by atoms with E-state index in [9.17, 15) is 4.79 Å². The van der Waals surface area contributed by atoms with Crippen LogP contribution in [0.15, 0.2) is 29.3 Å². The molecule has 2 N–H and O–H groups in total. The average Bonchev–Trinajstić information content (AvgIpc) is 2.98. The molecule has 0 aromatic heterocycles. The fourth-order valence-corrected chi connectivity index (χ4v) is 4.61. The second kappa shape index (κ2) is 8.09. The van der Waals surface area contributed by atoms with Crippen molar-refractivity contribution in [2.24, 2.45) is 10.4 Å². The normalized spacial score (nSPS) is 23.6. The number of rotatable bonds is 4. The molecular weight excluding hydrogens is 360 g/mol. The summed E-state index contributed by atoms with van der Waals surface area (Å²) < 4.78 is 0. The van der Waals surface area contributed by atoms with Crippen LogP contribution >= 0.6 is 11.6 Å². The van der Waals surface area contributed by atoms with Gasteiger partial charge in [-0.25, -0.2) is 0 Å². The van der Waals surface area contributed by atoms with Crippen molar-refractivity contribution >= 4 is 23.5 Å². The Labute approximate surface area is 167 Å². The van der Waals surface area contributed by atoms with Crippen molar-refractivity contribution in [3.05, 3.63) is 34.9 Å². The number of amides is 1. The van der Waals surface area contributed by atoms with Crippen molar-refractivity contribution in [1.82, 2.24) is 15.5 Å². The smallest absolute Gasteiger partial charge is 0.220 e. The molecule has 2 heterocycles. The van der Waals surface area contributed by atoms with Crippen molar-refractivity contribution < 1.29 is 4.79 Å². The van der Waals surface area contributed by atoms with Crippen molar-refractivity contribution in [1.29, 1.82) is 0 Å². The summed E-state index contributed by atoms with van der Waals surface area (Å²) in [4.78, 5) is 19.1. The lowest BCUT2D eigenvalue weighted by molar-refractivity contribution is -0.119. The van der Waals surface area contributed by atoms with Crippen LogP contribution in [0, 0.1) is 5.41 Å². The molecule has 2 aliphatic rings. The first-order chi connectivity index (χ1) is 12.9. The SMILES string of the molecule is CCNC(=NCC(C)(C)c1ccccc1Cl)N1CCCC2(CNC(=O)C2)C1. The molecule has 148 valence electrons. The number of likely N-dealkylation sites (tertiary alicyclic amines) is 1. The molecule has 5 nitrogen and oxygen atoms in total. The summed E-state index contributed by atoms with van der Waals surface area (Å²) in [5.74, 6) is 1.12. The minimum absolute atomic E-state index is 0.0593. The van der Waals surface area contributed by atoms with Crippen LogP contribution in [0.2, 0.25) is 5.02 Å². The third kappa shape index (κ3) is 4.57. The maximum absolute atomic E-state index is 11.8. The van der Waals surface area contributed by atoms with E-state index in [1.165, 1.54) is 0 Å². The van der Waals surface area contributed by atoms with Crippen molar-refractivity contribution in [3.63, 3.8) is 0 Å². The molecule has 27 heavy (non-hydrogen) atoms. The maximum atomic E-state index is 11.8. The highest BCUT2D eigenvalue weighted by molar-refractivity contribution is 6.31. The van der Waals surface area contributed by atoms with Crippen LogP contribution in [0.1, 0.15) is 45.6 Å². The number of halogens is 1. The molecule has 1 unspecified atom stereocenters. The Morgan fingerprint density at radius 3 is 2.85 bits per heavy atom. The van der Waals surface area contributed by atoms with E-state index in [2.05, 4.69) is 42.4 Å². The summed E-state index contributed by atoms with van der Waals surface area (Å²) in [6, 6.07) is 8.00. The molecule has 2 saturated heterocycles. The topological polar surface area (TPSA) is 56.7 Å². The number of hydrogen-bond acceptors (Lipinski definition) is 2. The van der Waals surface area contributed by atoms with Gasteiger partial charge < -0.3 is 15.5 Å². The lowest BCUT2D eigenvalue weighted by Gasteiger charge is -2.41. The van der Waals surface area contributed by atoms with Gasteiger partial charge in [-0.3, -0.25) is 9.79 Å². The van der Waals surface area contributed by atoms with Crippen LogP contribution in [0.4, 0.5) is 0 Å². The molecular formula is C21H31ClN4O. The summed E-state index contributed by atoms with van der Waals surface area (Å²) in [6.45, 7) is 10.6. The standard InChI is InChI=1S/C21H31ClN4O/c1-4-23-19(25-13-20(2,3)16-8-5-6-9-17(16)22)26-11-7-10-21(15-26)12-18(27)24-14-21/h5-6,8-9H,4,7,10-15H2,1-3H3,(H,23,25)(H,24,27). The minimum Gasteiger partial charge on any atom is -0.357 e. The van der Waals surface area contributed by atoms with E-state index in [0.717, 1.165) is 55.6 Å². The zero-order chi connectivity index (χ0) is 19.5. The van der Waals surface area contributed by atoms with E-state index in [1.807, 2.05) is 18.2 Å². The Hall–Kier alpha value is -1.75. The Bertz CT molecular complexity index is 718. The number of benzene rings is 1. The lowest BCUT2D eigenvalue weighted by atomic mass is 9.79. The van der Waals surface area contributed by atoms with Gasteiger partial charge in [0, 0.05) is 48.5 Å². The molecule has 0 bridgehead atoms. The molecule has 0 radical (unpaired) electrons. The average molecular weight is 391 g/mol. The summed E-state index contributed by atoms with van der Waals surface area (Å²) in [7, 11) is 0. The van der Waals surface area contributed by atoms with Gasteiger partial charge in [-0.1, -0.05) is 43.6 Å². The molecule has 0 saturated carbocycles. The minimum atomic E-state index is -0.155. The van der Waals surface area contributed by atoms with Gasteiger partial charge in [-0.15, -0.1) is 0 Å². The second-order valence-corrected chi connectivity index (χ2v) is 8.92. The second-order valence-electron chi connectivity index (χ2n) is 8.51. The Kier molecular flexibility index (Phi) is 5.99. The van der Waals surface area contributed by atoms with Crippen molar-refractivity contribution in [2.45, 2.75) is 45.4 Å². The number of carbonyl (C=O) groups is 1. The van der Waals surface area contributed by atoms with E-state index in [0.29, 0.717) is 13.0 Å². The quantitative estimate of drug-likeness (QED) is 0.613. The predicted molar refractivity (Wildman–Crippen MR) is 111 cm³/mol. The first-order valence-corrected chi connectivity index (χ1v) is 10.3. The number of hydrogen-bond donors (Lipinski definition) is 2. The van der Waals surface area contributed by atoms with Gasteiger partial charge in [0.05, 0.1) is 6.54 Å². The van der Waals surface area contributed by atoms with Gasteiger partial charge in [0.2, 0.25) is 5.91 Å². The van der Waals surface area contributed by atoms with E-state index >= 15 is 0 Å². The zero-order valence-electron chi connectivity index (χ0n) is 16.6. The van der Waals surface area contributed by atoms with Crippen molar-refractivity contribution in [3.8, 4) is 0 Å². The van der Waals surface area contributed by atoms with E-state index in [-0.39, 0.29) is 16.7 Å². The first-order valence-electron chi connectivity index (χ1n) is 9.90. The van der Waals surface area contributed by atoms with Gasteiger partial charge in [0.25, 0.3) is 0 Å². The fraction of sp³-hybridized carbons (Fsp3) is 0.619. The van der Waals surface area contributed by atoms with Gasteiger partial charge >= 0.3 is 0 Å². The number of guanidine groups is 1. The third-order valence-electron chi connectivity index (χ3n) is 5.72. The van der Waals surface area contributed by atoms with Crippen LogP contribution < -0.4 is 10.6 Å². The summed E-state index contributed by atoms with van der Waals surface area (Å²) in [5.41, 5.74) is 1.02. The number of nitrogens with one attached hydrogen (secondary N) is 2.